The number of halogens is 3. The van der Waals surface area contributed by atoms with Gasteiger partial charge in [0.1, 0.15) is 0 Å². The van der Waals surface area contributed by atoms with Crippen LogP contribution in [-0.2, 0) is 0 Å². The fraction of sp³-hybridized carbons (Fsp3) is 0.739. The second-order valence-electron chi connectivity index (χ2n) is 16.8. The van der Waals surface area contributed by atoms with Gasteiger partial charge in [-0.25, -0.2) is 4.39 Å². The van der Waals surface area contributed by atoms with Crippen LogP contribution in [0.2, 0.25) is 0 Å². The van der Waals surface area contributed by atoms with Crippen molar-refractivity contribution in [3.8, 4) is 17.2 Å². The molecule has 0 aromatic heterocycles. The van der Waals surface area contributed by atoms with Crippen molar-refractivity contribution in [2.24, 2.45) is 35.5 Å². The van der Waals surface area contributed by atoms with Crippen LogP contribution in [-0.4, -0.2) is 20.8 Å². The molecule has 52 heavy (non-hydrogen) atoms. The van der Waals surface area contributed by atoms with E-state index in [2.05, 4.69) is 13.8 Å². The fourth-order valence-electron chi connectivity index (χ4n) is 10.8. The lowest BCUT2D eigenvalue weighted by molar-refractivity contribution is 0.156. The molecule has 0 atom stereocenters. The van der Waals surface area contributed by atoms with Gasteiger partial charge in [-0.2, -0.15) is 8.78 Å². The molecule has 4 fully saturated rings. The molecule has 0 saturated heterocycles. The Kier molecular flexibility index (Phi) is 16.0. The van der Waals surface area contributed by atoms with Crippen LogP contribution in [0.1, 0.15) is 172 Å². The van der Waals surface area contributed by atoms with E-state index >= 15 is 0 Å². The van der Waals surface area contributed by atoms with Gasteiger partial charge in [0, 0.05) is 0 Å². The van der Waals surface area contributed by atoms with Gasteiger partial charge in [-0.3, -0.25) is 0 Å². The lowest BCUT2D eigenvalue weighted by atomic mass is 9.68. The van der Waals surface area contributed by atoms with Crippen LogP contribution in [0.25, 0.3) is 0 Å². The summed E-state index contributed by atoms with van der Waals surface area (Å²) in [6.07, 6.45) is 26.6. The minimum atomic E-state index is -0.854. The number of rotatable bonds is 12. The molecule has 0 unspecified atom stereocenters. The first-order valence-electron chi connectivity index (χ1n) is 21.3. The first kappa shape index (κ1) is 40.8. The summed E-state index contributed by atoms with van der Waals surface area (Å²) in [6, 6.07) is 6.86. The zero-order chi connectivity index (χ0) is 37.0. The molecule has 3 nitrogen and oxygen atoms in total. The normalized spacial score (nSPS) is 29.5. The SMILES string of the molecule is CCCC1CCC(C2CCC(c3cc(F)c(F)c(OCC)c3)CC2)CC1.CCCC1CCC(C2CCC(c3cc(OC)c(F)c(OC)c3)CC2)CC1. The van der Waals surface area contributed by atoms with E-state index in [9.17, 15) is 13.2 Å². The summed E-state index contributed by atoms with van der Waals surface area (Å²) in [6.45, 7) is 6.76. The Morgan fingerprint density at radius 1 is 0.481 bits per heavy atom. The third-order valence-electron chi connectivity index (χ3n) is 13.8. The number of ether oxygens (including phenoxy) is 3. The molecule has 0 heterocycles. The van der Waals surface area contributed by atoms with Crippen molar-refractivity contribution in [2.45, 2.75) is 161 Å². The van der Waals surface area contributed by atoms with Crippen molar-refractivity contribution < 1.29 is 27.4 Å². The van der Waals surface area contributed by atoms with Gasteiger partial charge in [0.2, 0.25) is 11.6 Å². The molecule has 4 aliphatic rings. The Morgan fingerprint density at radius 2 is 0.846 bits per heavy atom. The van der Waals surface area contributed by atoms with E-state index in [1.54, 1.807) is 13.0 Å². The van der Waals surface area contributed by atoms with E-state index in [-0.39, 0.29) is 5.75 Å². The summed E-state index contributed by atoms with van der Waals surface area (Å²) >= 11 is 0. The van der Waals surface area contributed by atoms with Gasteiger partial charge in [0.05, 0.1) is 20.8 Å². The zero-order valence-corrected chi connectivity index (χ0v) is 33.1. The van der Waals surface area contributed by atoms with Crippen LogP contribution in [0.3, 0.4) is 0 Å². The molecular formula is C46H69F3O3. The highest BCUT2D eigenvalue weighted by Crippen LogP contribution is 2.47. The molecule has 0 spiro atoms. The molecule has 0 aliphatic heterocycles. The lowest BCUT2D eigenvalue weighted by Crippen LogP contribution is -2.25. The highest BCUT2D eigenvalue weighted by atomic mass is 19.2. The Morgan fingerprint density at radius 3 is 1.21 bits per heavy atom. The van der Waals surface area contributed by atoms with Crippen molar-refractivity contribution in [3.05, 3.63) is 52.8 Å². The van der Waals surface area contributed by atoms with Crippen LogP contribution < -0.4 is 14.2 Å². The quantitative estimate of drug-likeness (QED) is 0.218. The highest BCUT2D eigenvalue weighted by Gasteiger charge is 2.33. The van der Waals surface area contributed by atoms with Crippen molar-refractivity contribution in [1.82, 2.24) is 0 Å². The standard InChI is InChI=1S/C23H34F2O.C23H35FO2/c1-3-5-16-6-8-17(9-7-16)18-10-12-19(13-11-18)20-14-21(24)23(25)22(15-20)26-4-2;1-4-5-16-6-8-17(9-7-16)18-10-12-19(13-11-18)20-14-21(25-2)23(24)22(15-20)26-3/h14-19H,3-13H2,1-2H3;14-19H,4-13H2,1-3H3. The molecule has 6 heteroatoms. The van der Waals surface area contributed by atoms with E-state index < -0.39 is 17.5 Å². The minimum absolute atomic E-state index is 0.0684. The predicted molar refractivity (Wildman–Crippen MR) is 207 cm³/mol. The zero-order valence-electron chi connectivity index (χ0n) is 33.1. The summed E-state index contributed by atoms with van der Waals surface area (Å²) in [7, 11) is 3.04. The summed E-state index contributed by atoms with van der Waals surface area (Å²) in [5, 5.41) is 0. The van der Waals surface area contributed by atoms with Crippen LogP contribution in [0.15, 0.2) is 24.3 Å². The van der Waals surface area contributed by atoms with Gasteiger partial charge in [0.25, 0.3) is 0 Å². The largest absolute Gasteiger partial charge is 0.494 e. The van der Waals surface area contributed by atoms with Gasteiger partial charge < -0.3 is 14.2 Å². The summed E-state index contributed by atoms with van der Waals surface area (Å²) in [4.78, 5) is 0. The molecule has 0 radical (unpaired) electrons. The van der Waals surface area contributed by atoms with Gasteiger partial charge >= 0.3 is 0 Å². The third-order valence-corrected chi connectivity index (χ3v) is 13.8. The Hall–Kier alpha value is -2.37. The molecule has 6 rings (SSSR count). The number of hydrogen-bond acceptors (Lipinski definition) is 3. The van der Waals surface area contributed by atoms with Crippen LogP contribution >= 0.6 is 0 Å². The molecule has 2 aromatic rings. The average Bonchev–Trinajstić information content (AvgIpc) is 3.18. The number of hydrogen-bond donors (Lipinski definition) is 0. The van der Waals surface area contributed by atoms with Gasteiger partial charge in [-0.15, -0.1) is 0 Å². The maximum absolute atomic E-state index is 14.2. The van der Waals surface area contributed by atoms with Crippen molar-refractivity contribution >= 4 is 0 Å². The van der Waals surface area contributed by atoms with Crippen molar-refractivity contribution in [2.75, 3.05) is 20.8 Å². The van der Waals surface area contributed by atoms with Gasteiger partial charge in [-0.05, 0) is 167 Å². The summed E-state index contributed by atoms with van der Waals surface area (Å²) in [5.74, 6) is 5.04. The Labute approximate surface area is 314 Å². The average molecular weight is 727 g/mol. The molecular weight excluding hydrogens is 657 g/mol. The maximum atomic E-state index is 14.2. The first-order valence-corrected chi connectivity index (χ1v) is 21.3. The van der Waals surface area contributed by atoms with E-state index in [1.807, 2.05) is 12.1 Å². The van der Waals surface area contributed by atoms with E-state index in [1.165, 1.54) is 141 Å². The minimum Gasteiger partial charge on any atom is -0.494 e. The fourth-order valence-corrected chi connectivity index (χ4v) is 10.8. The van der Waals surface area contributed by atoms with Gasteiger partial charge in [0.15, 0.2) is 23.1 Å². The molecule has 0 amide bonds. The smallest absolute Gasteiger partial charge is 0.206 e. The molecule has 292 valence electrons. The molecule has 4 aliphatic carbocycles. The van der Waals surface area contributed by atoms with Crippen LogP contribution in [0.5, 0.6) is 17.2 Å². The second kappa shape index (κ2) is 20.3. The van der Waals surface area contributed by atoms with Gasteiger partial charge in [-0.1, -0.05) is 65.2 Å². The number of benzene rings is 2. The Bertz CT molecular complexity index is 1320. The van der Waals surface area contributed by atoms with Crippen LogP contribution in [0, 0.1) is 53.0 Å². The maximum Gasteiger partial charge on any atom is 0.206 e. The first-order chi connectivity index (χ1) is 25.3. The second-order valence-corrected chi connectivity index (χ2v) is 16.8. The molecule has 0 bridgehead atoms. The van der Waals surface area contributed by atoms with E-state index in [0.29, 0.717) is 29.9 Å². The highest BCUT2D eigenvalue weighted by molar-refractivity contribution is 5.42. The monoisotopic (exact) mass is 727 g/mol. The number of methoxy groups -OCH3 is 2. The molecule has 0 N–H and O–H groups in total. The predicted octanol–water partition coefficient (Wildman–Crippen LogP) is 14.0. The van der Waals surface area contributed by atoms with E-state index in [0.717, 1.165) is 53.9 Å². The summed E-state index contributed by atoms with van der Waals surface area (Å²) in [5.41, 5.74) is 2.09. The third kappa shape index (κ3) is 10.6. The molecule has 4 saturated carbocycles. The topological polar surface area (TPSA) is 27.7 Å². The Balaban J connectivity index is 0.000000201. The lowest BCUT2D eigenvalue weighted by Gasteiger charge is -2.38. The summed E-state index contributed by atoms with van der Waals surface area (Å²) < 4.78 is 57.6. The molecule has 2 aromatic carbocycles. The van der Waals surface area contributed by atoms with Crippen molar-refractivity contribution in [1.29, 1.82) is 0 Å². The van der Waals surface area contributed by atoms with Crippen molar-refractivity contribution in [3.63, 3.8) is 0 Å². The van der Waals surface area contributed by atoms with Crippen LogP contribution in [0.4, 0.5) is 13.2 Å². The van der Waals surface area contributed by atoms with E-state index in [4.69, 9.17) is 14.2 Å².